The molecule has 0 aromatic carbocycles. The highest BCUT2D eigenvalue weighted by Gasteiger charge is 2.49. The summed E-state index contributed by atoms with van der Waals surface area (Å²) in [5.74, 6) is -2.37. The maximum atomic E-state index is 13.2. The van der Waals surface area contributed by atoms with Gasteiger partial charge in [-0.05, 0) is 31.9 Å². The average Bonchev–Trinajstić information content (AvgIpc) is 2.95. The molecule has 6 heteroatoms. The van der Waals surface area contributed by atoms with Gasteiger partial charge in [-0.1, -0.05) is 19.3 Å². The van der Waals surface area contributed by atoms with Gasteiger partial charge in [0.25, 0.3) is 0 Å². The number of Topliss-reactive ketones (excluding diaryl/α,β-unsaturated/α-hetero) is 2. The van der Waals surface area contributed by atoms with E-state index in [0.29, 0.717) is 18.5 Å². The lowest BCUT2D eigenvalue weighted by molar-refractivity contribution is -0.138. The largest absolute Gasteiger partial charge is 0.505 e. The number of aliphatic hydroxyl groups excluding tert-OH is 1. The predicted molar refractivity (Wildman–Crippen MR) is 86.7 cm³/mol. The van der Waals surface area contributed by atoms with E-state index in [1.165, 1.54) is 0 Å². The summed E-state index contributed by atoms with van der Waals surface area (Å²) in [7, 11) is 0. The Morgan fingerprint density at radius 3 is 2.46 bits per heavy atom. The molecule has 1 spiro atoms. The van der Waals surface area contributed by atoms with Crippen LogP contribution < -0.4 is 0 Å². The SMILES string of the molecule is Cc1ccc2n1C1(CCCCC1)C(=O)C(C(=O)CCC(=O)O)=C2O. The summed E-state index contributed by atoms with van der Waals surface area (Å²) in [6.45, 7) is 1.89. The number of rotatable bonds is 4. The highest BCUT2D eigenvalue weighted by atomic mass is 16.4. The number of carboxylic acid groups (broad SMARTS) is 1. The molecule has 24 heavy (non-hydrogen) atoms. The fourth-order valence-corrected chi connectivity index (χ4v) is 4.05. The van der Waals surface area contributed by atoms with E-state index in [1.807, 2.05) is 17.6 Å². The van der Waals surface area contributed by atoms with E-state index in [4.69, 9.17) is 5.11 Å². The standard InChI is InChI=1S/C18H21NO5/c1-11-5-6-12-16(23)15(13(20)7-8-14(21)22)17(24)18(19(11)12)9-3-2-4-10-18/h5-6,23H,2-4,7-10H2,1H3,(H,21,22). The molecule has 2 aliphatic rings. The van der Waals surface area contributed by atoms with Crippen LogP contribution in [-0.2, 0) is 19.9 Å². The quantitative estimate of drug-likeness (QED) is 0.827. The van der Waals surface area contributed by atoms with Gasteiger partial charge in [0.1, 0.15) is 11.1 Å². The summed E-state index contributed by atoms with van der Waals surface area (Å²) in [6, 6.07) is 3.55. The van der Waals surface area contributed by atoms with Gasteiger partial charge in [0, 0.05) is 12.1 Å². The third-order valence-corrected chi connectivity index (χ3v) is 5.16. The molecule has 1 aliphatic carbocycles. The van der Waals surface area contributed by atoms with Gasteiger partial charge in [-0.15, -0.1) is 0 Å². The first-order valence-corrected chi connectivity index (χ1v) is 8.31. The number of aliphatic hydroxyl groups is 1. The first kappa shape index (κ1) is 16.5. The van der Waals surface area contributed by atoms with Crippen molar-refractivity contribution in [1.82, 2.24) is 4.57 Å². The van der Waals surface area contributed by atoms with Crippen molar-refractivity contribution in [1.29, 1.82) is 0 Å². The Hall–Kier alpha value is -2.37. The van der Waals surface area contributed by atoms with Gasteiger partial charge < -0.3 is 14.8 Å². The van der Waals surface area contributed by atoms with Gasteiger partial charge >= 0.3 is 5.97 Å². The number of carbonyl (C=O) groups excluding carboxylic acids is 2. The number of ketones is 2. The molecule has 1 fully saturated rings. The van der Waals surface area contributed by atoms with Gasteiger partial charge in [-0.2, -0.15) is 0 Å². The monoisotopic (exact) mass is 331 g/mol. The van der Waals surface area contributed by atoms with E-state index >= 15 is 0 Å². The number of hydrogen-bond acceptors (Lipinski definition) is 4. The Labute approximate surface area is 139 Å². The van der Waals surface area contributed by atoms with Crippen molar-refractivity contribution < 1.29 is 24.6 Å². The van der Waals surface area contributed by atoms with E-state index in [2.05, 4.69) is 0 Å². The summed E-state index contributed by atoms with van der Waals surface area (Å²) in [6.07, 6.45) is 3.46. The second-order valence-corrected chi connectivity index (χ2v) is 6.66. The fourth-order valence-electron chi connectivity index (χ4n) is 4.05. The summed E-state index contributed by atoms with van der Waals surface area (Å²) in [4.78, 5) is 36.4. The van der Waals surface area contributed by atoms with Crippen molar-refractivity contribution in [2.45, 2.75) is 57.4 Å². The Morgan fingerprint density at radius 1 is 1.17 bits per heavy atom. The van der Waals surface area contributed by atoms with E-state index in [0.717, 1.165) is 25.0 Å². The Balaban J connectivity index is 2.11. The molecule has 1 aliphatic heterocycles. The number of allylic oxidation sites excluding steroid dienone is 1. The molecular weight excluding hydrogens is 310 g/mol. The topological polar surface area (TPSA) is 96.6 Å². The minimum Gasteiger partial charge on any atom is -0.505 e. The number of carboxylic acids is 1. The zero-order valence-corrected chi connectivity index (χ0v) is 13.7. The third kappa shape index (κ3) is 2.37. The lowest BCUT2D eigenvalue weighted by Crippen LogP contribution is -2.49. The van der Waals surface area contributed by atoms with E-state index in [1.54, 1.807) is 6.07 Å². The lowest BCUT2D eigenvalue weighted by atomic mass is 9.73. The first-order chi connectivity index (χ1) is 11.4. The predicted octanol–water partition coefficient (Wildman–Crippen LogP) is 2.74. The van der Waals surface area contributed by atoms with Crippen LogP contribution in [0.4, 0.5) is 0 Å². The number of nitrogens with zero attached hydrogens (tertiary/aromatic N) is 1. The first-order valence-electron chi connectivity index (χ1n) is 8.31. The molecule has 2 N–H and O–H groups in total. The van der Waals surface area contributed by atoms with Crippen molar-refractivity contribution in [3.8, 4) is 0 Å². The normalized spacial score (nSPS) is 19.5. The molecular formula is C18H21NO5. The van der Waals surface area contributed by atoms with Crippen LogP contribution in [0, 0.1) is 6.92 Å². The molecule has 0 radical (unpaired) electrons. The number of fused-ring (bicyclic) bond motifs is 2. The Bertz CT molecular complexity index is 749. The number of carbonyl (C=O) groups is 3. The van der Waals surface area contributed by atoms with Crippen LogP contribution in [0.15, 0.2) is 17.7 Å². The third-order valence-electron chi connectivity index (χ3n) is 5.16. The van der Waals surface area contributed by atoms with Crippen molar-refractivity contribution in [2.75, 3.05) is 0 Å². The summed E-state index contributed by atoms with van der Waals surface area (Å²) < 4.78 is 1.87. The maximum Gasteiger partial charge on any atom is 0.303 e. The molecule has 1 aromatic rings. The second-order valence-electron chi connectivity index (χ2n) is 6.66. The van der Waals surface area contributed by atoms with Crippen LogP contribution >= 0.6 is 0 Å². The summed E-state index contributed by atoms with van der Waals surface area (Å²) in [5, 5.41) is 19.3. The van der Waals surface area contributed by atoms with Gasteiger partial charge in [0.05, 0.1) is 12.1 Å². The van der Waals surface area contributed by atoms with Crippen molar-refractivity contribution in [3.05, 3.63) is 29.1 Å². The zero-order valence-electron chi connectivity index (χ0n) is 13.7. The fraction of sp³-hybridized carbons (Fsp3) is 0.500. The van der Waals surface area contributed by atoms with Crippen molar-refractivity contribution in [3.63, 3.8) is 0 Å². The highest BCUT2D eigenvalue weighted by Crippen LogP contribution is 2.45. The summed E-state index contributed by atoms with van der Waals surface area (Å²) >= 11 is 0. The van der Waals surface area contributed by atoms with Gasteiger partial charge in [-0.25, -0.2) is 0 Å². The molecule has 0 atom stereocenters. The highest BCUT2D eigenvalue weighted by molar-refractivity contribution is 6.27. The summed E-state index contributed by atoms with van der Waals surface area (Å²) in [5.41, 5.74) is 0.321. The minimum absolute atomic E-state index is 0.219. The molecule has 1 saturated carbocycles. The lowest BCUT2D eigenvalue weighted by Gasteiger charge is -2.42. The maximum absolute atomic E-state index is 13.2. The van der Waals surface area contributed by atoms with E-state index < -0.39 is 17.3 Å². The minimum atomic E-state index is -1.10. The molecule has 3 rings (SSSR count). The van der Waals surface area contributed by atoms with E-state index in [9.17, 15) is 19.5 Å². The molecule has 128 valence electrons. The second kappa shape index (κ2) is 5.92. The Morgan fingerprint density at radius 2 is 1.83 bits per heavy atom. The molecule has 2 heterocycles. The van der Waals surface area contributed by atoms with Gasteiger partial charge in [0.15, 0.2) is 17.3 Å². The Kier molecular flexibility index (Phi) is 4.07. The number of aromatic nitrogens is 1. The molecule has 1 aromatic heterocycles. The number of aliphatic carboxylic acids is 1. The van der Waals surface area contributed by atoms with Gasteiger partial charge in [0.2, 0.25) is 0 Å². The van der Waals surface area contributed by atoms with Crippen LogP contribution in [0.1, 0.15) is 56.3 Å². The molecule has 6 nitrogen and oxygen atoms in total. The average molecular weight is 331 g/mol. The van der Waals surface area contributed by atoms with Crippen LogP contribution in [-0.4, -0.2) is 32.3 Å². The van der Waals surface area contributed by atoms with Crippen LogP contribution in [0.5, 0.6) is 0 Å². The smallest absolute Gasteiger partial charge is 0.303 e. The van der Waals surface area contributed by atoms with Gasteiger partial charge in [-0.3, -0.25) is 14.4 Å². The molecule has 0 unspecified atom stereocenters. The van der Waals surface area contributed by atoms with Crippen molar-refractivity contribution >= 4 is 23.3 Å². The molecule has 0 amide bonds. The molecule has 0 bridgehead atoms. The van der Waals surface area contributed by atoms with Crippen LogP contribution in [0.2, 0.25) is 0 Å². The number of aryl methyl sites for hydroxylation is 1. The number of hydrogen-bond donors (Lipinski definition) is 2. The molecule has 0 saturated heterocycles. The zero-order chi connectivity index (χ0) is 17.5. The van der Waals surface area contributed by atoms with Crippen molar-refractivity contribution in [2.24, 2.45) is 0 Å². The van der Waals surface area contributed by atoms with Crippen LogP contribution in [0.25, 0.3) is 5.76 Å². The van der Waals surface area contributed by atoms with Crippen LogP contribution in [0.3, 0.4) is 0 Å². The van der Waals surface area contributed by atoms with E-state index in [-0.39, 0.29) is 30.0 Å².